The van der Waals surface area contributed by atoms with Crippen molar-refractivity contribution in [1.29, 1.82) is 0 Å². The second-order valence-corrected chi connectivity index (χ2v) is 9.64. The summed E-state index contributed by atoms with van der Waals surface area (Å²) in [6.07, 6.45) is 0. The van der Waals surface area contributed by atoms with E-state index in [-0.39, 0.29) is 34.5 Å². The average molecular weight is 541 g/mol. The first-order valence-corrected chi connectivity index (χ1v) is 11.3. The topological polar surface area (TPSA) is 96.4 Å². The minimum Gasteiger partial charge on any atom is -0.386 e. The first kappa shape index (κ1) is 25.7. The van der Waals surface area contributed by atoms with Crippen molar-refractivity contribution in [2.45, 2.75) is 40.2 Å². The van der Waals surface area contributed by atoms with Crippen LogP contribution in [0, 0.1) is 6.92 Å². The van der Waals surface area contributed by atoms with Crippen molar-refractivity contribution in [2.75, 3.05) is 5.32 Å². The molecule has 0 aliphatic heterocycles. The number of para-hydroxylation sites is 1. The molecule has 0 fully saturated rings. The first-order valence-electron chi connectivity index (χ1n) is 10.5. The van der Waals surface area contributed by atoms with Gasteiger partial charge in [0.25, 0.3) is 5.91 Å². The van der Waals surface area contributed by atoms with Crippen molar-refractivity contribution in [3.05, 3.63) is 69.6 Å². The number of pyridine rings is 1. The number of aromatic nitrogens is 1. The van der Waals surface area contributed by atoms with Gasteiger partial charge in [0.2, 0.25) is 0 Å². The van der Waals surface area contributed by atoms with Crippen LogP contribution in [0.15, 0.2) is 42.5 Å². The van der Waals surface area contributed by atoms with Gasteiger partial charge in [-0.15, -0.1) is 28.3 Å². The van der Waals surface area contributed by atoms with Crippen LogP contribution in [0.1, 0.15) is 69.2 Å². The van der Waals surface area contributed by atoms with Gasteiger partial charge >= 0.3 is 0 Å². The van der Waals surface area contributed by atoms with Crippen LogP contribution in [0.2, 0.25) is 0 Å². The summed E-state index contributed by atoms with van der Waals surface area (Å²) >= 11 is 1.19. The zero-order valence-electron chi connectivity index (χ0n) is 19.5. The predicted molar refractivity (Wildman–Crippen MR) is 142 cm³/mol. The van der Waals surface area contributed by atoms with E-state index in [4.69, 9.17) is 0 Å². The van der Waals surface area contributed by atoms with Crippen molar-refractivity contribution in [3.8, 4) is 0 Å². The SMILES string of the molecule is Br.CC(=O)c1ccc(C(C)=O)c2c(C)c(C(=O)Nc3cc(C(C)(C)O)c4ccccc4n3)sc12. The number of carbonyl (C=O) groups excluding carboxylic acids is 3. The van der Waals surface area contributed by atoms with E-state index >= 15 is 0 Å². The molecular formula is C26H25BrN2O4S. The number of nitrogens with zero attached hydrogens (tertiary/aromatic N) is 1. The number of rotatable bonds is 5. The van der Waals surface area contributed by atoms with Crippen LogP contribution in [0.5, 0.6) is 0 Å². The van der Waals surface area contributed by atoms with Gasteiger partial charge in [-0.1, -0.05) is 18.2 Å². The Hall–Kier alpha value is -2.94. The summed E-state index contributed by atoms with van der Waals surface area (Å²) < 4.78 is 0.626. The van der Waals surface area contributed by atoms with Crippen LogP contribution in [-0.4, -0.2) is 27.6 Å². The summed E-state index contributed by atoms with van der Waals surface area (Å²) in [5, 5.41) is 14.9. The molecule has 0 bridgehead atoms. The third-order valence-corrected chi connectivity index (χ3v) is 6.98. The maximum atomic E-state index is 13.3. The summed E-state index contributed by atoms with van der Waals surface area (Å²) in [5.74, 6) is -0.336. The maximum Gasteiger partial charge on any atom is 0.267 e. The number of hydrogen-bond acceptors (Lipinski definition) is 6. The van der Waals surface area contributed by atoms with Gasteiger partial charge < -0.3 is 10.4 Å². The Labute approximate surface area is 211 Å². The molecule has 0 unspecified atom stereocenters. The number of Topliss-reactive ketones (excluding diaryl/α,β-unsaturated/α-hetero) is 2. The van der Waals surface area contributed by atoms with Crippen molar-refractivity contribution >= 4 is 72.6 Å². The molecule has 4 rings (SSSR count). The van der Waals surface area contributed by atoms with Crippen LogP contribution < -0.4 is 5.32 Å². The lowest BCUT2D eigenvalue weighted by Crippen LogP contribution is -2.18. The summed E-state index contributed by atoms with van der Waals surface area (Å²) in [5.41, 5.74) is 1.77. The lowest BCUT2D eigenvalue weighted by molar-refractivity contribution is 0.0801. The molecule has 2 aromatic heterocycles. The molecule has 1 amide bonds. The predicted octanol–water partition coefficient (Wildman–Crippen LogP) is 6.22. The fraction of sp³-hybridized carbons (Fsp3) is 0.231. The fourth-order valence-electron chi connectivity index (χ4n) is 4.06. The molecule has 0 aliphatic carbocycles. The van der Waals surface area contributed by atoms with E-state index in [1.165, 1.54) is 25.2 Å². The highest BCUT2D eigenvalue weighted by Gasteiger charge is 2.24. The zero-order chi connectivity index (χ0) is 24.1. The standard InChI is InChI=1S/C26H24N2O4S.BrH/c1-13-22-16(14(2)29)10-11-17(15(3)30)24(22)33-23(13)25(31)28-21-12-19(26(4,5)32)18-8-6-7-9-20(18)27-21;/h6-12,32H,1-5H3,(H,27,28,31);1H. The van der Waals surface area contributed by atoms with Gasteiger partial charge in [-0.25, -0.2) is 4.98 Å². The third kappa shape index (κ3) is 4.53. The number of aryl methyl sites for hydroxylation is 1. The van der Waals surface area contributed by atoms with Gasteiger partial charge in [0.15, 0.2) is 11.6 Å². The largest absolute Gasteiger partial charge is 0.386 e. The molecule has 176 valence electrons. The minimum atomic E-state index is -1.14. The van der Waals surface area contributed by atoms with Gasteiger partial charge in [0.1, 0.15) is 5.82 Å². The van der Waals surface area contributed by atoms with Gasteiger partial charge in [0, 0.05) is 26.6 Å². The Morgan fingerprint density at radius 1 is 1.00 bits per heavy atom. The molecule has 0 atom stereocenters. The van der Waals surface area contributed by atoms with Crippen molar-refractivity contribution in [3.63, 3.8) is 0 Å². The quantitative estimate of drug-likeness (QED) is 0.293. The third-order valence-electron chi connectivity index (χ3n) is 5.66. The van der Waals surface area contributed by atoms with Crippen molar-refractivity contribution in [2.24, 2.45) is 0 Å². The summed E-state index contributed by atoms with van der Waals surface area (Å²) in [6, 6.07) is 12.4. The number of halogens is 1. The molecule has 6 nitrogen and oxygen atoms in total. The van der Waals surface area contributed by atoms with Gasteiger partial charge in [-0.05, 0) is 70.0 Å². The van der Waals surface area contributed by atoms with Crippen LogP contribution in [-0.2, 0) is 5.60 Å². The highest BCUT2D eigenvalue weighted by molar-refractivity contribution is 8.93. The summed E-state index contributed by atoms with van der Waals surface area (Å²) in [7, 11) is 0. The Morgan fingerprint density at radius 3 is 2.24 bits per heavy atom. The monoisotopic (exact) mass is 540 g/mol. The molecule has 0 saturated carbocycles. The number of hydrogen-bond donors (Lipinski definition) is 2. The molecule has 2 heterocycles. The normalized spacial score (nSPS) is 11.4. The fourth-order valence-corrected chi connectivity index (χ4v) is 5.35. The van der Waals surface area contributed by atoms with Crippen molar-refractivity contribution in [1.82, 2.24) is 4.98 Å². The number of fused-ring (bicyclic) bond motifs is 2. The van der Waals surface area contributed by atoms with Crippen LogP contribution in [0.4, 0.5) is 5.82 Å². The molecule has 4 aromatic rings. The van der Waals surface area contributed by atoms with E-state index in [1.54, 1.807) is 39.0 Å². The van der Waals surface area contributed by atoms with E-state index in [0.717, 1.165) is 5.39 Å². The number of carbonyl (C=O) groups is 3. The Bertz CT molecular complexity index is 1470. The molecular weight excluding hydrogens is 516 g/mol. The van der Waals surface area contributed by atoms with E-state index in [1.807, 2.05) is 24.3 Å². The van der Waals surface area contributed by atoms with Crippen LogP contribution >= 0.6 is 28.3 Å². The molecule has 0 spiro atoms. The Balaban J connectivity index is 0.00000324. The van der Waals surface area contributed by atoms with Crippen molar-refractivity contribution < 1.29 is 19.5 Å². The minimum absolute atomic E-state index is 0. The second kappa shape index (κ2) is 9.37. The number of aliphatic hydroxyl groups is 1. The summed E-state index contributed by atoms with van der Waals surface area (Å²) in [4.78, 5) is 42.6. The van der Waals surface area contributed by atoms with E-state index < -0.39 is 5.60 Å². The number of amides is 1. The zero-order valence-corrected chi connectivity index (χ0v) is 22.0. The second-order valence-electron chi connectivity index (χ2n) is 8.62. The highest BCUT2D eigenvalue weighted by atomic mass is 79.9. The smallest absolute Gasteiger partial charge is 0.267 e. The number of thiophene rings is 1. The van der Waals surface area contributed by atoms with E-state index in [2.05, 4.69) is 10.3 Å². The highest BCUT2D eigenvalue weighted by Crippen LogP contribution is 2.37. The molecule has 0 aliphatic rings. The maximum absolute atomic E-state index is 13.3. The molecule has 0 saturated heterocycles. The van der Waals surface area contributed by atoms with E-state index in [9.17, 15) is 19.5 Å². The van der Waals surface area contributed by atoms with E-state index in [0.29, 0.717) is 48.6 Å². The first-order chi connectivity index (χ1) is 15.5. The number of benzene rings is 2. The molecule has 2 aromatic carbocycles. The lowest BCUT2D eigenvalue weighted by Gasteiger charge is -2.21. The summed E-state index contributed by atoms with van der Waals surface area (Å²) in [6.45, 7) is 8.08. The molecule has 34 heavy (non-hydrogen) atoms. The lowest BCUT2D eigenvalue weighted by atomic mass is 9.94. The average Bonchev–Trinajstić information content (AvgIpc) is 3.09. The number of nitrogens with one attached hydrogen (secondary N) is 1. The van der Waals surface area contributed by atoms with Gasteiger partial charge in [-0.3, -0.25) is 14.4 Å². The number of anilines is 1. The van der Waals surface area contributed by atoms with Crippen LogP contribution in [0.3, 0.4) is 0 Å². The Kier molecular flexibility index (Phi) is 7.07. The van der Waals surface area contributed by atoms with Gasteiger partial charge in [-0.2, -0.15) is 0 Å². The number of ketones is 2. The Morgan fingerprint density at radius 2 is 1.62 bits per heavy atom. The molecule has 0 radical (unpaired) electrons. The van der Waals surface area contributed by atoms with Crippen LogP contribution in [0.25, 0.3) is 21.0 Å². The molecule has 8 heteroatoms. The van der Waals surface area contributed by atoms with Gasteiger partial charge in [0.05, 0.1) is 16.0 Å². The molecule has 2 N–H and O–H groups in total.